The SMILES string of the molecule is CN=C(c1cc(-c2ccnc(NC3CCCC3)n2)cc(F)c1N)C(C)C. The monoisotopic (exact) mass is 355 g/mol. The van der Waals surface area contributed by atoms with Crippen LogP contribution in [0.3, 0.4) is 0 Å². The van der Waals surface area contributed by atoms with E-state index in [4.69, 9.17) is 5.73 Å². The van der Waals surface area contributed by atoms with Crippen LogP contribution in [0.5, 0.6) is 0 Å². The average molecular weight is 355 g/mol. The van der Waals surface area contributed by atoms with E-state index in [1.165, 1.54) is 18.9 Å². The third-order valence-corrected chi connectivity index (χ3v) is 4.83. The molecule has 1 aliphatic rings. The highest BCUT2D eigenvalue weighted by molar-refractivity contribution is 6.06. The number of hydrogen-bond acceptors (Lipinski definition) is 5. The van der Waals surface area contributed by atoms with E-state index in [1.807, 2.05) is 19.9 Å². The Balaban J connectivity index is 1.97. The highest BCUT2D eigenvalue weighted by atomic mass is 19.1. The van der Waals surface area contributed by atoms with Gasteiger partial charge in [-0.2, -0.15) is 0 Å². The van der Waals surface area contributed by atoms with Crippen LogP contribution in [-0.4, -0.2) is 28.8 Å². The first-order chi connectivity index (χ1) is 12.5. The second-order valence-corrected chi connectivity index (χ2v) is 7.07. The van der Waals surface area contributed by atoms with Gasteiger partial charge in [0, 0.05) is 36.1 Å². The summed E-state index contributed by atoms with van der Waals surface area (Å²) in [6.45, 7) is 4.03. The van der Waals surface area contributed by atoms with E-state index in [-0.39, 0.29) is 11.6 Å². The summed E-state index contributed by atoms with van der Waals surface area (Å²) in [5, 5.41) is 3.38. The van der Waals surface area contributed by atoms with Gasteiger partial charge in [-0.1, -0.05) is 26.7 Å². The number of anilines is 2. The van der Waals surface area contributed by atoms with Gasteiger partial charge in [-0.3, -0.25) is 4.99 Å². The number of halogens is 1. The molecule has 3 rings (SSSR count). The predicted octanol–water partition coefficient (Wildman–Crippen LogP) is 4.29. The molecule has 0 saturated heterocycles. The van der Waals surface area contributed by atoms with Gasteiger partial charge in [0.05, 0.1) is 11.4 Å². The molecule has 1 fully saturated rings. The van der Waals surface area contributed by atoms with E-state index in [0.29, 0.717) is 28.8 Å². The first-order valence-corrected chi connectivity index (χ1v) is 9.15. The minimum Gasteiger partial charge on any atom is -0.396 e. The van der Waals surface area contributed by atoms with Crippen LogP contribution in [0.15, 0.2) is 29.4 Å². The fourth-order valence-electron chi connectivity index (χ4n) is 3.51. The Morgan fingerprint density at radius 1 is 1.31 bits per heavy atom. The van der Waals surface area contributed by atoms with Crippen LogP contribution in [0.1, 0.15) is 45.1 Å². The number of aromatic nitrogens is 2. The second-order valence-electron chi connectivity index (χ2n) is 7.07. The molecule has 2 aromatic rings. The lowest BCUT2D eigenvalue weighted by molar-refractivity contribution is 0.632. The molecule has 0 atom stereocenters. The molecule has 1 saturated carbocycles. The highest BCUT2D eigenvalue weighted by Gasteiger charge is 2.18. The zero-order chi connectivity index (χ0) is 18.7. The molecule has 6 heteroatoms. The number of nitrogens with two attached hydrogens (primary N) is 1. The summed E-state index contributed by atoms with van der Waals surface area (Å²) in [6, 6.07) is 5.49. The van der Waals surface area contributed by atoms with Gasteiger partial charge in [0.15, 0.2) is 0 Å². The molecule has 0 bridgehead atoms. The highest BCUT2D eigenvalue weighted by Crippen LogP contribution is 2.28. The maximum absolute atomic E-state index is 14.5. The number of nitrogens with zero attached hydrogens (tertiary/aromatic N) is 3. The van der Waals surface area contributed by atoms with E-state index in [9.17, 15) is 4.39 Å². The topological polar surface area (TPSA) is 76.2 Å². The second kappa shape index (κ2) is 7.81. The number of nitrogen functional groups attached to an aromatic ring is 1. The fourth-order valence-corrected chi connectivity index (χ4v) is 3.51. The summed E-state index contributed by atoms with van der Waals surface area (Å²) >= 11 is 0. The molecule has 0 radical (unpaired) electrons. The largest absolute Gasteiger partial charge is 0.396 e. The summed E-state index contributed by atoms with van der Waals surface area (Å²) in [6.07, 6.45) is 6.44. The zero-order valence-corrected chi connectivity index (χ0v) is 15.6. The van der Waals surface area contributed by atoms with E-state index in [0.717, 1.165) is 18.6 Å². The van der Waals surface area contributed by atoms with Gasteiger partial charge in [0.2, 0.25) is 5.95 Å². The van der Waals surface area contributed by atoms with Crippen LogP contribution >= 0.6 is 0 Å². The van der Waals surface area contributed by atoms with Gasteiger partial charge in [0.1, 0.15) is 5.82 Å². The van der Waals surface area contributed by atoms with E-state index < -0.39 is 5.82 Å². The minimum atomic E-state index is -0.455. The molecule has 1 heterocycles. The Kier molecular flexibility index (Phi) is 5.49. The van der Waals surface area contributed by atoms with Crippen molar-refractivity contribution in [1.29, 1.82) is 0 Å². The predicted molar refractivity (Wildman–Crippen MR) is 105 cm³/mol. The van der Waals surface area contributed by atoms with Crippen LogP contribution in [0.25, 0.3) is 11.3 Å². The molecule has 1 aromatic carbocycles. The van der Waals surface area contributed by atoms with Gasteiger partial charge >= 0.3 is 0 Å². The molecule has 1 aromatic heterocycles. The Morgan fingerprint density at radius 2 is 2.04 bits per heavy atom. The molecule has 3 N–H and O–H groups in total. The van der Waals surface area contributed by atoms with Gasteiger partial charge in [0.25, 0.3) is 0 Å². The van der Waals surface area contributed by atoms with Crippen molar-refractivity contribution in [3.8, 4) is 11.3 Å². The van der Waals surface area contributed by atoms with E-state index in [1.54, 1.807) is 19.3 Å². The lowest BCUT2D eigenvalue weighted by Crippen LogP contribution is -2.16. The van der Waals surface area contributed by atoms with Crippen molar-refractivity contribution in [2.24, 2.45) is 10.9 Å². The van der Waals surface area contributed by atoms with Gasteiger partial charge in [-0.15, -0.1) is 0 Å². The third kappa shape index (κ3) is 3.84. The van der Waals surface area contributed by atoms with Gasteiger partial charge in [-0.05, 0) is 37.0 Å². The maximum Gasteiger partial charge on any atom is 0.223 e. The molecule has 0 aliphatic heterocycles. The van der Waals surface area contributed by atoms with Crippen LogP contribution in [-0.2, 0) is 0 Å². The molecular formula is C20H26FN5. The van der Waals surface area contributed by atoms with Crippen LogP contribution < -0.4 is 11.1 Å². The van der Waals surface area contributed by atoms with E-state index in [2.05, 4.69) is 20.3 Å². The number of nitrogens with one attached hydrogen (secondary N) is 1. The van der Waals surface area contributed by atoms with Crippen molar-refractivity contribution in [2.45, 2.75) is 45.6 Å². The Hall–Kier alpha value is -2.50. The quantitative estimate of drug-likeness (QED) is 0.619. The average Bonchev–Trinajstić information content (AvgIpc) is 3.12. The summed E-state index contributed by atoms with van der Waals surface area (Å²) < 4.78 is 14.5. The molecule has 26 heavy (non-hydrogen) atoms. The molecule has 5 nitrogen and oxygen atoms in total. The fraction of sp³-hybridized carbons (Fsp3) is 0.450. The summed E-state index contributed by atoms with van der Waals surface area (Å²) in [5.41, 5.74) is 8.85. The van der Waals surface area contributed by atoms with Crippen molar-refractivity contribution < 1.29 is 4.39 Å². The third-order valence-electron chi connectivity index (χ3n) is 4.83. The Morgan fingerprint density at radius 3 is 2.69 bits per heavy atom. The van der Waals surface area contributed by atoms with Crippen molar-refractivity contribution in [3.05, 3.63) is 35.8 Å². The first kappa shape index (κ1) is 18.3. The number of benzene rings is 1. The molecule has 0 amide bonds. The number of hydrogen-bond donors (Lipinski definition) is 2. The summed E-state index contributed by atoms with van der Waals surface area (Å²) in [5.74, 6) is 0.270. The molecule has 1 aliphatic carbocycles. The summed E-state index contributed by atoms with van der Waals surface area (Å²) in [7, 11) is 1.70. The molecule has 138 valence electrons. The lowest BCUT2D eigenvalue weighted by atomic mass is 9.95. The van der Waals surface area contributed by atoms with Crippen molar-refractivity contribution in [3.63, 3.8) is 0 Å². The normalized spacial score (nSPS) is 15.7. The van der Waals surface area contributed by atoms with E-state index >= 15 is 0 Å². The smallest absolute Gasteiger partial charge is 0.223 e. The molecule has 0 unspecified atom stereocenters. The van der Waals surface area contributed by atoms with Crippen molar-refractivity contribution in [1.82, 2.24) is 9.97 Å². The lowest BCUT2D eigenvalue weighted by Gasteiger charge is -2.15. The Bertz CT molecular complexity index is 810. The minimum absolute atomic E-state index is 0.126. The number of rotatable bonds is 5. The van der Waals surface area contributed by atoms with Gasteiger partial charge < -0.3 is 11.1 Å². The summed E-state index contributed by atoms with van der Waals surface area (Å²) in [4.78, 5) is 13.2. The first-order valence-electron chi connectivity index (χ1n) is 9.15. The van der Waals surface area contributed by atoms with Crippen LogP contribution in [0.4, 0.5) is 16.0 Å². The zero-order valence-electron chi connectivity index (χ0n) is 15.6. The number of aliphatic imine (C=N–C) groups is 1. The Labute approximate surface area is 154 Å². The molecular weight excluding hydrogens is 329 g/mol. The van der Waals surface area contributed by atoms with Crippen LogP contribution in [0, 0.1) is 11.7 Å². The van der Waals surface area contributed by atoms with Crippen LogP contribution in [0.2, 0.25) is 0 Å². The van der Waals surface area contributed by atoms with Crippen molar-refractivity contribution in [2.75, 3.05) is 18.1 Å². The molecule has 0 spiro atoms. The standard InChI is InChI=1S/C20H26FN5/c1-12(2)19(23-3)15-10-13(11-16(21)18(15)22)17-8-9-24-20(26-17)25-14-6-4-5-7-14/h8-12,14H,4-7,22H2,1-3H3,(H,24,25,26). The maximum atomic E-state index is 14.5. The van der Waals surface area contributed by atoms with Gasteiger partial charge in [-0.25, -0.2) is 14.4 Å². The van der Waals surface area contributed by atoms with Crippen molar-refractivity contribution >= 4 is 17.3 Å².